The maximum Gasteiger partial charge on any atom is 0.167 e. The van der Waals surface area contributed by atoms with Crippen LogP contribution >= 0.6 is 0 Å². The van der Waals surface area contributed by atoms with Gasteiger partial charge in [-0.3, -0.25) is 4.57 Å². The Bertz CT molecular complexity index is 1650. The van der Waals surface area contributed by atoms with E-state index in [4.69, 9.17) is 15.5 Å². The van der Waals surface area contributed by atoms with Gasteiger partial charge in [0.15, 0.2) is 5.65 Å². The second kappa shape index (κ2) is 10.4. The molecule has 7 rings (SSSR count). The molecule has 8 nitrogen and oxygen atoms in total. The van der Waals surface area contributed by atoms with Gasteiger partial charge in [0.2, 0.25) is 0 Å². The van der Waals surface area contributed by atoms with E-state index in [-0.39, 0.29) is 17.3 Å². The van der Waals surface area contributed by atoms with Gasteiger partial charge in [0.1, 0.15) is 29.0 Å². The molecule has 10 heteroatoms. The van der Waals surface area contributed by atoms with E-state index in [1.807, 2.05) is 18.2 Å². The van der Waals surface area contributed by atoms with Crippen LogP contribution in [0.15, 0.2) is 48.7 Å². The third-order valence-electron chi connectivity index (χ3n) is 8.70. The molecule has 3 saturated heterocycles. The summed E-state index contributed by atoms with van der Waals surface area (Å²) >= 11 is 0. The molecule has 2 aromatic carbocycles. The predicted molar refractivity (Wildman–Crippen MR) is 153 cm³/mol. The van der Waals surface area contributed by atoms with Crippen molar-refractivity contribution in [2.24, 2.45) is 17.6 Å². The zero-order valence-electron chi connectivity index (χ0n) is 22.6. The third-order valence-corrected chi connectivity index (χ3v) is 8.70. The number of rotatable bonds is 4. The quantitative estimate of drug-likeness (QED) is 0.392. The fraction of sp³-hybridized carbons (Fsp3) is 0.387. The Kier molecular flexibility index (Phi) is 6.56. The van der Waals surface area contributed by atoms with Crippen molar-refractivity contribution in [2.75, 3.05) is 49.2 Å². The third kappa shape index (κ3) is 4.59. The highest BCUT2D eigenvalue weighted by molar-refractivity contribution is 5.90. The highest BCUT2D eigenvalue weighted by Gasteiger charge is 2.37. The molecule has 41 heavy (non-hydrogen) atoms. The lowest BCUT2D eigenvalue weighted by molar-refractivity contribution is 0.177. The van der Waals surface area contributed by atoms with Crippen molar-refractivity contribution in [1.82, 2.24) is 14.5 Å². The summed E-state index contributed by atoms with van der Waals surface area (Å²) in [7, 11) is 0. The van der Waals surface area contributed by atoms with Gasteiger partial charge in [-0.25, -0.2) is 18.7 Å². The molecule has 3 fully saturated rings. The fourth-order valence-corrected chi connectivity index (χ4v) is 6.55. The van der Waals surface area contributed by atoms with E-state index in [0.717, 1.165) is 63.5 Å². The normalized spacial score (nSPS) is 22.6. The molecule has 210 valence electrons. The molecule has 0 spiro atoms. The standard InChI is InChI=1S/C31H31F2N7O/c32-25-11-19(4-5-20(25)13-34)30-37-29-28(38-10-2-1-3-23(35)16-38)8-9-36-31(29)40(30)27-7-6-24(12-26(27)33)39-14-21-17-41-18-22(21)15-39/h4-9,11-12,21-23H,1-3,10,14-18,35H2. The Morgan fingerprint density at radius 3 is 2.51 bits per heavy atom. The molecule has 3 aliphatic rings. The summed E-state index contributed by atoms with van der Waals surface area (Å²) in [6, 6.07) is 13.4. The summed E-state index contributed by atoms with van der Waals surface area (Å²) < 4.78 is 38.1. The summed E-state index contributed by atoms with van der Waals surface area (Å²) in [5.41, 5.74) is 9.76. The number of anilines is 2. The molecule has 3 atom stereocenters. The van der Waals surface area contributed by atoms with Crippen LogP contribution < -0.4 is 15.5 Å². The monoisotopic (exact) mass is 555 g/mol. The number of nitriles is 1. The fourth-order valence-electron chi connectivity index (χ4n) is 6.55. The SMILES string of the molecule is N#Cc1ccc(-c2nc3c(N4CCCCC(N)C4)ccnc3n2-c2ccc(N3CC4COCC4C3)cc2F)cc1F. The van der Waals surface area contributed by atoms with Crippen molar-refractivity contribution in [3.8, 4) is 23.1 Å². The highest BCUT2D eigenvalue weighted by atomic mass is 19.1. The van der Waals surface area contributed by atoms with Crippen molar-refractivity contribution in [1.29, 1.82) is 5.26 Å². The van der Waals surface area contributed by atoms with Crippen LogP contribution in [0.1, 0.15) is 24.8 Å². The molecule has 0 radical (unpaired) electrons. The molecular formula is C31H31F2N7O. The zero-order valence-corrected chi connectivity index (χ0v) is 22.6. The molecule has 0 saturated carbocycles. The van der Waals surface area contributed by atoms with Crippen molar-refractivity contribution < 1.29 is 13.5 Å². The van der Waals surface area contributed by atoms with Gasteiger partial charge in [-0.15, -0.1) is 0 Å². The molecule has 3 aliphatic heterocycles. The van der Waals surface area contributed by atoms with E-state index in [9.17, 15) is 9.65 Å². The van der Waals surface area contributed by atoms with Gasteiger partial charge in [-0.05, 0) is 55.3 Å². The zero-order chi connectivity index (χ0) is 28.1. The minimum absolute atomic E-state index is 0.0385. The Balaban J connectivity index is 1.37. The number of halogens is 2. The largest absolute Gasteiger partial charge is 0.381 e. The van der Waals surface area contributed by atoms with E-state index < -0.39 is 11.6 Å². The average molecular weight is 556 g/mol. The smallest absolute Gasteiger partial charge is 0.167 e. The Morgan fingerprint density at radius 1 is 0.927 bits per heavy atom. The molecule has 0 bridgehead atoms. The number of pyridine rings is 1. The number of fused-ring (bicyclic) bond motifs is 2. The minimum Gasteiger partial charge on any atom is -0.381 e. The number of aromatic nitrogens is 3. The van der Waals surface area contributed by atoms with Gasteiger partial charge >= 0.3 is 0 Å². The van der Waals surface area contributed by atoms with E-state index >= 15 is 4.39 Å². The van der Waals surface area contributed by atoms with Crippen LogP contribution in [0.2, 0.25) is 0 Å². The van der Waals surface area contributed by atoms with E-state index in [2.05, 4.69) is 14.8 Å². The number of hydrogen-bond donors (Lipinski definition) is 1. The first-order valence-corrected chi connectivity index (χ1v) is 14.2. The molecular weight excluding hydrogens is 524 g/mol. The van der Waals surface area contributed by atoms with Gasteiger partial charge in [0.05, 0.1) is 30.2 Å². The number of hydrogen-bond acceptors (Lipinski definition) is 7. The number of imidazole rings is 1. The minimum atomic E-state index is -0.658. The lowest BCUT2D eigenvalue weighted by Gasteiger charge is -2.25. The predicted octanol–water partition coefficient (Wildman–Crippen LogP) is 4.64. The molecule has 4 aromatic rings. The molecule has 0 aliphatic carbocycles. The van der Waals surface area contributed by atoms with Crippen molar-refractivity contribution in [3.63, 3.8) is 0 Å². The van der Waals surface area contributed by atoms with Crippen LogP contribution in [-0.4, -0.2) is 60.0 Å². The van der Waals surface area contributed by atoms with E-state index in [1.54, 1.807) is 29.0 Å². The summed E-state index contributed by atoms with van der Waals surface area (Å²) in [6.07, 6.45) is 4.72. The van der Waals surface area contributed by atoms with Crippen molar-refractivity contribution in [2.45, 2.75) is 25.3 Å². The van der Waals surface area contributed by atoms with Crippen LogP contribution in [-0.2, 0) is 4.74 Å². The summed E-state index contributed by atoms with van der Waals surface area (Å²) in [4.78, 5) is 14.0. The highest BCUT2D eigenvalue weighted by Crippen LogP contribution is 2.37. The number of benzene rings is 2. The number of nitrogens with zero attached hydrogens (tertiary/aromatic N) is 6. The number of nitrogens with two attached hydrogens (primary N) is 1. The van der Waals surface area contributed by atoms with E-state index in [0.29, 0.717) is 40.9 Å². The molecule has 2 N–H and O–H groups in total. The van der Waals surface area contributed by atoms with Crippen LogP contribution in [0.5, 0.6) is 0 Å². The van der Waals surface area contributed by atoms with Crippen LogP contribution in [0.25, 0.3) is 28.2 Å². The first kappa shape index (κ1) is 25.9. The maximum absolute atomic E-state index is 16.1. The molecule has 5 heterocycles. The molecule has 2 aromatic heterocycles. The average Bonchev–Trinajstić information content (AvgIpc) is 3.64. The van der Waals surface area contributed by atoms with Gasteiger partial charge < -0.3 is 20.3 Å². The van der Waals surface area contributed by atoms with Gasteiger partial charge in [0.25, 0.3) is 0 Å². The van der Waals surface area contributed by atoms with Crippen LogP contribution in [0.4, 0.5) is 20.2 Å². The lowest BCUT2D eigenvalue weighted by Crippen LogP contribution is -2.35. The van der Waals surface area contributed by atoms with Crippen molar-refractivity contribution in [3.05, 3.63) is 65.9 Å². The molecule has 3 unspecified atom stereocenters. The van der Waals surface area contributed by atoms with Gasteiger partial charge in [0, 0.05) is 61.5 Å². The second-order valence-corrected chi connectivity index (χ2v) is 11.4. The lowest BCUT2D eigenvalue weighted by atomic mass is 10.0. The van der Waals surface area contributed by atoms with Gasteiger partial charge in [-0.1, -0.05) is 6.42 Å². The number of ether oxygens (including phenoxy) is 1. The second-order valence-electron chi connectivity index (χ2n) is 11.4. The molecule has 0 amide bonds. The maximum atomic E-state index is 16.1. The summed E-state index contributed by atoms with van der Waals surface area (Å²) in [6.45, 7) is 4.70. The van der Waals surface area contributed by atoms with Crippen LogP contribution in [0.3, 0.4) is 0 Å². The first-order chi connectivity index (χ1) is 20.0. The topological polar surface area (TPSA) is 96.2 Å². The Morgan fingerprint density at radius 2 is 1.76 bits per heavy atom. The Labute approximate surface area is 237 Å². The summed E-state index contributed by atoms with van der Waals surface area (Å²) in [5.74, 6) is 0.219. The van der Waals surface area contributed by atoms with Crippen LogP contribution in [0, 0.1) is 34.8 Å². The van der Waals surface area contributed by atoms with Gasteiger partial charge in [-0.2, -0.15) is 5.26 Å². The Hall–Kier alpha value is -4.07. The van der Waals surface area contributed by atoms with Crippen molar-refractivity contribution >= 4 is 22.5 Å². The summed E-state index contributed by atoms with van der Waals surface area (Å²) in [5, 5.41) is 9.26. The first-order valence-electron chi connectivity index (χ1n) is 14.2. The van der Waals surface area contributed by atoms with E-state index in [1.165, 1.54) is 12.1 Å².